The van der Waals surface area contributed by atoms with Crippen LogP contribution in [0.4, 0.5) is 0 Å². The number of halogens is 1. The fourth-order valence-electron chi connectivity index (χ4n) is 4.54. The third kappa shape index (κ3) is 5.07. The zero-order valence-electron chi connectivity index (χ0n) is 21.9. The summed E-state index contributed by atoms with van der Waals surface area (Å²) in [6.45, 7) is 1.89. The van der Waals surface area contributed by atoms with E-state index in [2.05, 4.69) is 15.9 Å². The van der Waals surface area contributed by atoms with Crippen molar-refractivity contribution in [3.8, 4) is 17.2 Å². The molecule has 0 aliphatic carbocycles. The van der Waals surface area contributed by atoms with Crippen LogP contribution in [0.1, 0.15) is 29.7 Å². The van der Waals surface area contributed by atoms with Crippen LogP contribution in [-0.2, 0) is 9.53 Å². The van der Waals surface area contributed by atoms with E-state index in [4.69, 9.17) is 19.2 Å². The Hall–Kier alpha value is -4.15. The van der Waals surface area contributed by atoms with Crippen molar-refractivity contribution in [3.63, 3.8) is 0 Å². The van der Waals surface area contributed by atoms with Crippen molar-refractivity contribution in [2.24, 2.45) is 4.99 Å². The highest BCUT2D eigenvalue weighted by Gasteiger charge is 2.35. The fourth-order valence-corrected chi connectivity index (χ4v) is 5.99. The molecule has 0 unspecified atom stereocenters. The number of nitrogens with zero attached hydrogens (tertiary/aromatic N) is 2. The lowest BCUT2D eigenvalue weighted by molar-refractivity contribution is -0.138. The van der Waals surface area contributed by atoms with Gasteiger partial charge in [-0.1, -0.05) is 69.7 Å². The highest BCUT2D eigenvalue weighted by Crippen LogP contribution is 2.36. The van der Waals surface area contributed by atoms with Gasteiger partial charge < -0.3 is 19.3 Å². The summed E-state index contributed by atoms with van der Waals surface area (Å²) >= 11 is 4.59. The SMILES string of the molecule is CCOC(=O)C1=C(c2ccccc2)N=c2s/c(=C\c3cc(Br)cc(OC)c3O)c(=O)n2[C@H]1c1ccc(OC)cc1. The normalized spacial score (nSPS) is 14.9. The van der Waals surface area contributed by atoms with Gasteiger partial charge in [0.25, 0.3) is 5.56 Å². The summed E-state index contributed by atoms with van der Waals surface area (Å²) in [4.78, 5) is 32.8. The highest BCUT2D eigenvalue weighted by atomic mass is 79.9. The third-order valence-corrected chi connectivity index (χ3v) is 7.82. The first-order chi connectivity index (χ1) is 19.4. The molecular formula is C30H25BrN2O6S. The van der Waals surface area contributed by atoms with Gasteiger partial charge in [0, 0.05) is 15.6 Å². The lowest BCUT2D eigenvalue weighted by Gasteiger charge is -2.26. The largest absolute Gasteiger partial charge is 0.504 e. The molecule has 0 spiro atoms. The third-order valence-electron chi connectivity index (χ3n) is 6.38. The maximum atomic E-state index is 14.0. The molecule has 40 heavy (non-hydrogen) atoms. The Morgan fingerprint density at radius 3 is 2.48 bits per heavy atom. The van der Waals surface area contributed by atoms with Gasteiger partial charge in [-0.2, -0.15) is 0 Å². The molecule has 3 aromatic carbocycles. The minimum Gasteiger partial charge on any atom is -0.504 e. The zero-order valence-corrected chi connectivity index (χ0v) is 24.3. The predicted octanol–water partition coefficient (Wildman–Crippen LogP) is 4.42. The topological polar surface area (TPSA) is 99.4 Å². The van der Waals surface area contributed by atoms with Crippen LogP contribution in [0.5, 0.6) is 17.2 Å². The van der Waals surface area contributed by atoms with Crippen LogP contribution in [0, 0.1) is 0 Å². The fraction of sp³-hybridized carbons (Fsp3) is 0.167. The number of hydrogen-bond donors (Lipinski definition) is 1. The average molecular weight is 622 g/mol. The Kier molecular flexibility index (Phi) is 7.90. The number of esters is 1. The average Bonchev–Trinajstić information content (AvgIpc) is 3.28. The summed E-state index contributed by atoms with van der Waals surface area (Å²) in [6, 6.07) is 19.0. The van der Waals surface area contributed by atoms with Crippen LogP contribution < -0.4 is 24.4 Å². The molecule has 0 amide bonds. The van der Waals surface area contributed by atoms with Gasteiger partial charge in [-0.05, 0) is 42.8 Å². The molecule has 4 aromatic rings. The first kappa shape index (κ1) is 27.4. The van der Waals surface area contributed by atoms with Gasteiger partial charge >= 0.3 is 5.97 Å². The van der Waals surface area contributed by atoms with Gasteiger partial charge in [-0.3, -0.25) is 9.36 Å². The Labute approximate surface area is 242 Å². The van der Waals surface area contributed by atoms with Crippen molar-refractivity contribution >= 4 is 45.0 Å². The van der Waals surface area contributed by atoms with E-state index in [0.717, 1.165) is 5.56 Å². The lowest BCUT2D eigenvalue weighted by Crippen LogP contribution is -2.40. The number of carbonyl (C=O) groups excluding carboxylic acids is 1. The number of ether oxygens (including phenoxy) is 3. The monoisotopic (exact) mass is 620 g/mol. The number of methoxy groups -OCH3 is 2. The molecule has 0 fully saturated rings. The van der Waals surface area contributed by atoms with Crippen LogP contribution in [0.15, 0.2) is 86.6 Å². The minimum atomic E-state index is -0.816. The molecule has 0 saturated carbocycles. The molecule has 2 heterocycles. The number of fused-ring (bicyclic) bond motifs is 1. The molecule has 0 radical (unpaired) electrons. The van der Waals surface area contributed by atoms with E-state index in [1.54, 1.807) is 44.4 Å². The van der Waals surface area contributed by atoms with Gasteiger partial charge in [0.15, 0.2) is 16.3 Å². The summed E-state index contributed by atoms with van der Waals surface area (Å²) in [5.74, 6) is 0.246. The Bertz CT molecular complexity index is 1790. The summed E-state index contributed by atoms with van der Waals surface area (Å²) in [5, 5.41) is 10.7. The molecule has 0 bridgehead atoms. The molecule has 5 rings (SSSR count). The first-order valence-corrected chi connectivity index (χ1v) is 14.0. The van der Waals surface area contributed by atoms with E-state index in [1.807, 2.05) is 42.5 Å². The maximum absolute atomic E-state index is 14.0. The molecule has 204 valence electrons. The number of phenolic OH excluding ortho intramolecular Hbond substituents is 1. The van der Waals surface area contributed by atoms with Crippen LogP contribution in [0.2, 0.25) is 0 Å². The van der Waals surface area contributed by atoms with Crippen molar-refractivity contribution in [2.75, 3.05) is 20.8 Å². The zero-order chi connectivity index (χ0) is 28.4. The second kappa shape index (κ2) is 11.5. The molecule has 8 nitrogen and oxygen atoms in total. The van der Waals surface area contributed by atoms with Crippen LogP contribution >= 0.6 is 27.3 Å². The van der Waals surface area contributed by atoms with Crippen LogP contribution in [0.25, 0.3) is 11.8 Å². The van der Waals surface area contributed by atoms with Crippen molar-refractivity contribution in [2.45, 2.75) is 13.0 Å². The maximum Gasteiger partial charge on any atom is 0.338 e. The van der Waals surface area contributed by atoms with E-state index in [-0.39, 0.29) is 29.2 Å². The number of benzene rings is 3. The van der Waals surface area contributed by atoms with Crippen molar-refractivity contribution in [1.82, 2.24) is 4.57 Å². The van der Waals surface area contributed by atoms with E-state index in [0.29, 0.717) is 36.4 Å². The van der Waals surface area contributed by atoms with E-state index >= 15 is 0 Å². The predicted molar refractivity (Wildman–Crippen MR) is 156 cm³/mol. The van der Waals surface area contributed by atoms with Crippen molar-refractivity contribution in [3.05, 3.63) is 113 Å². The molecule has 10 heteroatoms. The van der Waals surface area contributed by atoms with Crippen LogP contribution in [0.3, 0.4) is 0 Å². The number of carbonyl (C=O) groups is 1. The second-order valence-corrected chi connectivity index (χ2v) is 10.7. The van der Waals surface area contributed by atoms with E-state index < -0.39 is 12.0 Å². The van der Waals surface area contributed by atoms with Gasteiger partial charge in [0.1, 0.15) is 5.75 Å². The highest BCUT2D eigenvalue weighted by molar-refractivity contribution is 9.10. The minimum absolute atomic E-state index is 0.0968. The molecular weight excluding hydrogens is 596 g/mol. The molecule has 1 atom stereocenters. The quantitative estimate of drug-likeness (QED) is 0.307. The Balaban J connectivity index is 1.83. The smallest absolute Gasteiger partial charge is 0.338 e. The second-order valence-electron chi connectivity index (χ2n) is 8.75. The van der Waals surface area contributed by atoms with Crippen molar-refractivity contribution < 1.29 is 24.1 Å². The van der Waals surface area contributed by atoms with E-state index in [1.165, 1.54) is 23.0 Å². The number of thiazole rings is 1. The number of aromatic nitrogens is 1. The van der Waals surface area contributed by atoms with Crippen LogP contribution in [-0.4, -0.2) is 36.5 Å². The molecule has 1 aliphatic rings. The van der Waals surface area contributed by atoms with Gasteiger partial charge in [0.05, 0.1) is 42.7 Å². The molecule has 1 aliphatic heterocycles. The summed E-state index contributed by atoms with van der Waals surface area (Å²) in [7, 11) is 3.03. The Morgan fingerprint density at radius 2 is 1.82 bits per heavy atom. The standard InChI is InChI=1S/C30H25BrN2O6S/c1-4-39-29(36)24-25(17-8-6-5-7-9-17)32-30-33(26(24)18-10-12-21(37-2)13-11-18)28(35)23(40-30)15-19-14-20(31)16-22(38-3)27(19)34/h5-16,26,34H,4H2,1-3H3/b23-15-/t26-/m0/s1. The number of aromatic hydroxyl groups is 1. The number of rotatable bonds is 7. The molecule has 1 N–H and O–H groups in total. The summed E-state index contributed by atoms with van der Waals surface area (Å²) < 4.78 is 18.6. The van der Waals surface area contributed by atoms with Crippen molar-refractivity contribution in [1.29, 1.82) is 0 Å². The van der Waals surface area contributed by atoms with Gasteiger partial charge in [-0.25, -0.2) is 9.79 Å². The Morgan fingerprint density at radius 1 is 1.10 bits per heavy atom. The molecule has 1 aromatic heterocycles. The lowest BCUT2D eigenvalue weighted by atomic mass is 9.93. The summed E-state index contributed by atoms with van der Waals surface area (Å²) in [5.41, 5.74) is 2.12. The van der Waals surface area contributed by atoms with Gasteiger partial charge in [-0.15, -0.1) is 0 Å². The first-order valence-electron chi connectivity index (χ1n) is 12.3. The number of phenols is 1. The van der Waals surface area contributed by atoms with Gasteiger partial charge in [0.2, 0.25) is 0 Å². The van der Waals surface area contributed by atoms with E-state index in [9.17, 15) is 14.7 Å². The molecule has 0 saturated heterocycles. The number of hydrogen-bond acceptors (Lipinski definition) is 8. The summed E-state index contributed by atoms with van der Waals surface area (Å²) in [6.07, 6.45) is 1.59.